The standard InChI is InChI=1S/C28H35N7O5/c1-17(2)14-21-25-22(15-18(3)29-21)30-23(33-25)16-35-13-9-11-20(27(35)38)31-26(37)19(32-28(39)40-6)10-7-8-12-24(36)34(4)5/h8-9,11-15,19H,7,10,16H2,1-6H3,(H,30,33)(H,31,37)(H,32,39). The van der Waals surface area contributed by atoms with Crippen molar-refractivity contribution in [3.63, 3.8) is 0 Å². The van der Waals surface area contributed by atoms with E-state index in [0.29, 0.717) is 17.8 Å². The van der Waals surface area contributed by atoms with Gasteiger partial charge in [0.15, 0.2) is 0 Å². The van der Waals surface area contributed by atoms with E-state index in [2.05, 4.69) is 30.3 Å². The van der Waals surface area contributed by atoms with E-state index in [1.54, 1.807) is 32.4 Å². The first-order valence-electron chi connectivity index (χ1n) is 12.7. The molecule has 3 N–H and O–H groups in total. The van der Waals surface area contributed by atoms with Crippen LogP contribution in [0.25, 0.3) is 17.1 Å². The lowest BCUT2D eigenvalue weighted by Gasteiger charge is -2.17. The third kappa shape index (κ3) is 7.88. The van der Waals surface area contributed by atoms with Crippen LogP contribution < -0.4 is 16.2 Å². The highest BCUT2D eigenvalue weighted by Gasteiger charge is 2.22. The number of nitrogens with zero attached hydrogens (tertiary/aromatic N) is 4. The number of imidazole rings is 1. The molecule has 3 aromatic heterocycles. The predicted molar refractivity (Wildman–Crippen MR) is 153 cm³/mol. The van der Waals surface area contributed by atoms with Crippen LogP contribution in [0.3, 0.4) is 0 Å². The largest absolute Gasteiger partial charge is 0.453 e. The summed E-state index contributed by atoms with van der Waals surface area (Å²) in [7, 11) is 4.44. The number of pyridine rings is 2. The van der Waals surface area contributed by atoms with Gasteiger partial charge in [0.1, 0.15) is 23.1 Å². The van der Waals surface area contributed by atoms with E-state index in [1.165, 1.54) is 28.7 Å². The van der Waals surface area contributed by atoms with Crippen LogP contribution in [0.2, 0.25) is 0 Å². The van der Waals surface area contributed by atoms with Gasteiger partial charge in [-0.2, -0.15) is 0 Å². The zero-order valence-corrected chi connectivity index (χ0v) is 23.6. The molecule has 1 unspecified atom stereocenters. The van der Waals surface area contributed by atoms with Crippen LogP contribution in [0, 0.1) is 6.92 Å². The molecule has 0 aliphatic heterocycles. The Bertz CT molecular complexity index is 1510. The summed E-state index contributed by atoms with van der Waals surface area (Å²) in [4.78, 5) is 63.7. The molecular weight excluding hydrogens is 514 g/mol. The number of methoxy groups -OCH3 is 1. The zero-order valence-electron chi connectivity index (χ0n) is 23.6. The number of carbonyl (C=O) groups is 3. The normalized spacial score (nSPS) is 11.8. The number of aromatic nitrogens is 4. The van der Waals surface area contributed by atoms with Crippen molar-refractivity contribution in [1.29, 1.82) is 0 Å². The Balaban J connectivity index is 1.79. The average molecular weight is 550 g/mol. The van der Waals surface area contributed by atoms with E-state index in [-0.39, 0.29) is 24.6 Å². The van der Waals surface area contributed by atoms with E-state index < -0.39 is 23.6 Å². The number of aromatic amines is 1. The highest BCUT2D eigenvalue weighted by molar-refractivity contribution is 5.96. The Morgan fingerprint density at radius 2 is 1.98 bits per heavy atom. The summed E-state index contributed by atoms with van der Waals surface area (Å²) in [5.41, 5.74) is 3.79. The van der Waals surface area contributed by atoms with Crippen molar-refractivity contribution in [1.82, 2.24) is 29.7 Å². The lowest BCUT2D eigenvalue weighted by molar-refractivity contribution is -0.123. The van der Waals surface area contributed by atoms with Crippen LogP contribution in [0.4, 0.5) is 10.5 Å². The third-order valence-electron chi connectivity index (χ3n) is 5.81. The van der Waals surface area contributed by atoms with Crippen molar-refractivity contribution >= 4 is 40.7 Å². The fraction of sp³-hybridized carbons (Fsp3) is 0.357. The van der Waals surface area contributed by atoms with Gasteiger partial charge in [0.05, 0.1) is 24.9 Å². The molecule has 40 heavy (non-hydrogen) atoms. The Hall–Kier alpha value is -4.74. The fourth-order valence-electron chi connectivity index (χ4n) is 3.87. The lowest BCUT2D eigenvalue weighted by Crippen LogP contribution is -2.44. The molecule has 3 heterocycles. The van der Waals surface area contributed by atoms with Gasteiger partial charge in [-0.1, -0.05) is 11.6 Å². The first-order chi connectivity index (χ1) is 19.0. The van der Waals surface area contributed by atoms with Gasteiger partial charge in [0, 0.05) is 26.0 Å². The highest BCUT2D eigenvalue weighted by atomic mass is 16.5. The quantitative estimate of drug-likeness (QED) is 0.329. The average Bonchev–Trinajstić information content (AvgIpc) is 3.29. The molecule has 0 spiro atoms. The molecule has 0 aliphatic rings. The van der Waals surface area contributed by atoms with Crippen molar-refractivity contribution in [3.05, 3.63) is 69.7 Å². The summed E-state index contributed by atoms with van der Waals surface area (Å²) in [5.74, 6) is -0.235. The molecule has 212 valence electrons. The minimum atomic E-state index is -1.00. The number of alkyl carbamates (subject to hydrolysis) is 1. The number of fused-ring (bicyclic) bond motifs is 1. The number of ether oxygens (including phenoxy) is 1. The van der Waals surface area contributed by atoms with E-state index in [4.69, 9.17) is 0 Å². The summed E-state index contributed by atoms with van der Waals surface area (Å²) in [6, 6.07) is 4.02. The molecule has 3 aromatic rings. The van der Waals surface area contributed by atoms with E-state index in [0.717, 1.165) is 22.5 Å². The molecular formula is C28H35N7O5. The molecule has 3 amide bonds. The minimum Gasteiger partial charge on any atom is -0.453 e. The molecule has 0 aromatic carbocycles. The number of anilines is 1. The van der Waals surface area contributed by atoms with E-state index in [1.807, 2.05) is 32.9 Å². The summed E-state index contributed by atoms with van der Waals surface area (Å²) in [5, 5.41) is 5.08. The maximum atomic E-state index is 13.2. The first-order valence-corrected chi connectivity index (χ1v) is 12.7. The number of carbonyl (C=O) groups excluding carboxylic acids is 3. The third-order valence-corrected chi connectivity index (χ3v) is 5.81. The molecule has 1 atom stereocenters. The van der Waals surface area contributed by atoms with Crippen molar-refractivity contribution in [2.75, 3.05) is 26.5 Å². The van der Waals surface area contributed by atoms with Crippen LogP contribution in [0.1, 0.15) is 43.9 Å². The van der Waals surface area contributed by atoms with E-state index in [9.17, 15) is 19.2 Å². The molecule has 12 heteroatoms. The fourth-order valence-corrected chi connectivity index (χ4v) is 3.87. The van der Waals surface area contributed by atoms with Crippen molar-refractivity contribution in [2.45, 2.75) is 46.2 Å². The van der Waals surface area contributed by atoms with Crippen LogP contribution in [-0.2, 0) is 20.9 Å². The molecule has 0 radical (unpaired) electrons. The van der Waals surface area contributed by atoms with Crippen molar-refractivity contribution < 1.29 is 19.1 Å². The van der Waals surface area contributed by atoms with Gasteiger partial charge >= 0.3 is 6.09 Å². The lowest BCUT2D eigenvalue weighted by atomic mass is 10.1. The SMILES string of the molecule is COC(=O)NC(CCC=CC(=O)N(C)C)C(=O)Nc1cccn(Cc2nc3c(C=C(C)C)nc(C)cc3[nH]2)c1=O. The smallest absolute Gasteiger partial charge is 0.407 e. The van der Waals surface area contributed by atoms with Gasteiger partial charge in [-0.05, 0) is 64.0 Å². The molecule has 0 fully saturated rings. The molecule has 12 nitrogen and oxygen atoms in total. The Morgan fingerprint density at radius 3 is 2.65 bits per heavy atom. The number of hydrogen-bond acceptors (Lipinski definition) is 7. The number of nitrogens with one attached hydrogen (secondary N) is 3. The van der Waals surface area contributed by atoms with Gasteiger partial charge in [0.2, 0.25) is 11.8 Å². The second kappa shape index (κ2) is 13.4. The first kappa shape index (κ1) is 29.8. The summed E-state index contributed by atoms with van der Waals surface area (Å²) in [6.45, 7) is 6.01. The number of H-pyrrole nitrogens is 1. The maximum absolute atomic E-state index is 13.2. The van der Waals surface area contributed by atoms with Gasteiger partial charge in [0.25, 0.3) is 5.56 Å². The van der Waals surface area contributed by atoms with Gasteiger partial charge in [-0.3, -0.25) is 19.4 Å². The monoisotopic (exact) mass is 549 g/mol. The number of likely N-dealkylation sites (N-methyl/N-ethyl adjacent to an activating group) is 1. The minimum absolute atomic E-state index is 0.0429. The van der Waals surface area contributed by atoms with Gasteiger partial charge < -0.3 is 29.8 Å². The van der Waals surface area contributed by atoms with Crippen molar-refractivity contribution in [3.8, 4) is 0 Å². The van der Waals surface area contributed by atoms with Crippen LogP contribution in [-0.4, -0.2) is 69.6 Å². The number of rotatable bonds is 10. The van der Waals surface area contributed by atoms with Crippen LogP contribution >= 0.6 is 0 Å². The summed E-state index contributed by atoms with van der Waals surface area (Å²) in [6.07, 6.45) is 6.28. The zero-order chi connectivity index (χ0) is 29.4. The molecule has 0 saturated heterocycles. The second-order valence-electron chi connectivity index (χ2n) is 9.70. The predicted octanol–water partition coefficient (Wildman–Crippen LogP) is 2.99. The van der Waals surface area contributed by atoms with E-state index >= 15 is 0 Å². The Labute approximate surface area is 232 Å². The molecule has 0 aliphatic carbocycles. The topological polar surface area (TPSA) is 151 Å². The molecule has 3 rings (SSSR count). The summed E-state index contributed by atoms with van der Waals surface area (Å²) < 4.78 is 6.06. The van der Waals surface area contributed by atoms with Crippen LogP contribution in [0.5, 0.6) is 0 Å². The maximum Gasteiger partial charge on any atom is 0.407 e. The molecule has 0 saturated carbocycles. The van der Waals surface area contributed by atoms with Gasteiger partial charge in [-0.15, -0.1) is 0 Å². The Kier molecular flexibility index (Phi) is 9.96. The van der Waals surface area contributed by atoms with Gasteiger partial charge in [-0.25, -0.2) is 9.78 Å². The second-order valence-corrected chi connectivity index (χ2v) is 9.70. The van der Waals surface area contributed by atoms with Crippen LogP contribution in [0.15, 0.2) is 46.9 Å². The number of aryl methyl sites for hydroxylation is 1. The summed E-state index contributed by atoms with van der Waals surface area (Å²) >= 11 is 0. The number of hydrogen-bond donors (Lipinski definition) is 3. The Morgan fingerprint density at radius 1 is 1.23 bits per heavy atom. The molecule has 0 bridgehead atoms. The number of amides is 3. The van der Waals surface area contributed by atoms with Crippen molar-refractivity contribution in [2.24, 2.45) is 0 Å². The number of allylic oxidation sites excluding steroid dienone is 2. The highest BCUT2D eigenvalue weighted by Crippen LogP contribution is 2.19.